The van der Waals surface area contributed by atoms with Crippen molar-refractivity contribution >= 4 is 11.7 Å². The number of amides is 1. The molecular weight excluding hydrogens is 300 g/mol. The molecular formula is C19H24N4O. The van der Waals surface area contributed by atoms with Crippen molar-refractivity contribution < 1.29 is 4.79 Å². The number of imidazole rings is 1. The first-order valence-corrected chi connectivity index (χ1v) is 8.84. The summed E-state index contributed by atoms with van der Waals surface area (Å²) in [6, 6.07) is 10.8. The molecule has 0 atom stereocenters. The lowest BCUT2D eigenvalue weighted by Crippen LogP contribution is -2.39. The summed E-state index contributed by atoms with van der Waals surface area (Å²) in [5.41, 5.74) is 1.86. The lowest BCUT2D eigenvalue weighted by molar-refractivity contribution is -0.121. The summed E-state index contributed by atoms with van der Waals surface area (Å²) in [6.07, 6.45) is 6.36. The SMILES string of the molecule is Cn1cnc(-c2ccccc2)c1NC(=O)C1CCN(C2CC2)CC1. The second-order valence-corrected chi connectivity index (χ2v) is 6.95. The molecule has 1 amide bonds. The summed E-state index contributed by atoms with van der Waals surface area (Å²) >= 11 is 0. The van der Waals surface area contributed by atoms with Gasteiger partial charge in [-0.15, -0.1) is 0 Å². The van der Waals surface area contributed by atoms with Gasteiger partial charge in [0.25, 0.3) is 0 Å². The third-order valence-electron chi connectivity index (χ3n) is 5.19. The van der Waals surface area contributed by atoms with Crippen molar-refractivity contribution in [3.8, 4) is 11.3 Å². The van der Waals surface area contributed by atoms with E-state index in [1.54, 1.807) is 6.33 Å². The smallest absolute Gasteiger partial charge is 0.228 e. The highest BCUT2D eigenvalue weighted by atomic mass is 16.2. The Kier molecular flexibility index (Phi) is 4.10. The molecule has 1 saturated heterocycles. The topological polar surface area (TPSA) is 50.2 Å². The summed E-state index contributed by atoms with van der Waals surface area (Å²) in [6.45, 7) is 2.11. The van der Waals surface area contributed by atoms with Crippen LogP contribution in [0.1, 0.15) is 25.7 Å². The highest BCUT2D eigenvalue weighted by Crippen LogP contribution is 2.32. The molecule has 1 N–H and O–H groups in total. The lowest BCUT2D eigenvalue weighted by Gasteiger charge is -2.31. The molecule has 126 valence electrons. The molecule has 1 aliphatic heterocycles. The molecule has 0 unspecified atom stereocenters. The summed E-state index contributed by atoms with van der Waals surface area (Å²) in [5.74, 6) is 1.03. The molecule has 5 heteroatoms. The van der Waals surface area contributed by atoms with Gasteiger partial charge in [0, 0.05) is 24.6 Å². The van der Waals surface area contributed by atoms with Gasteiger partial charge in [0.05, 0.1) is 6.33 Å². The van der Waals surface area contributed by atoms with Gasteiger partial charge in [0.15, 0.2) is 0 Å². The fraction of sp³-hybridized carbons (Fsp3) is 0.474. The molecule has 5 nitrogen and oxygen atoms in total. The molecule has 0 bridgehead atoms. The summed E-state index contributed by atoms with van der Waals surface area (Å²) in [4.78, 5) is 19.7. The number of piperidine rings is 1. The van der Waals surface area contributed by atoms with Gasteiger partial charge in [0.1, 0.15) is 11.5 Å². The van der Waals surface area contributed by atoms with Gasteiger partial charge in [0.2, 0.25) is 5.91 Å². The van der Waals surface area contributed by atoms with Crippen LogP contribution < -0.4 is 5.32 Å². The Hall–Kier alpha value is -2.14. The largest absolute Gasteiger partial charge is 0.320 e. The van der Waals surface area contributed by atoms with E-state index < -0.39 is 0 Å². The Bertz CT molecular complexity index is 712. The van der Waals surface area contributed by atoms with Crippen LogP contribution in [0.25, 0.3) is 11.3 Å². The molecule has 1 saturated carbocycles. The number of benzene rings is 1. The molecule has 1 aromatic heterocycles. The van der Waals surface area contributed by atoms with Crippen molar-refractivity contribution in [3.05, 3.63) is 36.7 Å². The third-order valence-corrected chi connectivity index (χ3v) is 5.19. The number of carbonyl (C=O) groups is 1. The molecule has 2 aliphatic rings. The van der Waals surface area contributed by atoms with Crippen molar-refractivity contribution in [1.29, 1.82) is 0 Å². The van der Waals surface area contributed by atoms with Gasteiger partial charge in [-0.3, -0.25) is 4.79 Å². The Morgan fingerprint density at radius 1 is 1.12 bits per heavy atom. The highest BCUT2D eigenvalue weighted by molar-refractivity contribution is 5.95. The third kappa shape index (κ3) is 3.08. The quantitative estimate of drug-likeness (QED) is 0.941. The second kappa shape index (κ2) is 6.40. The Morgan fingerprint density at radius 3 is 2.50 bits per heavy atom. The van der Waals surface area contributed by atoms with Gasteiger partial charge in [-0.2, -0.15) is 0 Å². The van der Waals surface area contributed by atoms with Crippen LogP contribution in [0, 0.1) is 5.92 Å². The number of likely N-dealkylation sites (tertiary alicyclic amines) is 1. The summed E-state index contributed by atoms with van der Waals surface area (Å²) < 4.78 is 1.89. The first-order chi connectivity index (χ1) is 11.7. The van der Waals surface area contributed by atoms with Crippen molar-refractivity contribution in [2.45, 2.75) is 31.7 Å². The fourth-order valence-corrected chi connectivity index (χ4v) is 3.57. The van der Waals surface area contributed by atoms with E-state index in [0.29, 0.717) is 0 Å². The van der Waals surface area contributed by atoms with E-state index in [-0.39, 0.29) is 11.8 Å². The zero-order valence-electron chi connectivity index (χ0n) is 14.1. The standard InChI is InChI=1S/C19H24N4O/c1-22-13-20-17(14-5-3-2-4-6-14)18(22)21-19(24)15-9-11-23(12-10-15)16-7-8-16/h2-6,13,15-16H,7-12H2,1H3,(H,21,24). The molecule has 1 aliphatic carbocycles. The monoisotopic (exact) mass is 324 g/mol. The predicted molar refractivity (Wildman–Crippen MR) is 94.6 cm³/mol. The van der Waals surface area contributed by atoms with E-state index in [4.69, 9.17) is 0 Å². The van der Waals surface area contributed by atoms with Gasteiger partial charge in [-0.05, 0) is 38.8 Å². The number of rotatable bonds is 4. The van der Waals surface area contributed by atoms with Crippen molar-refractivity contribution in [1.82, 2.24) is 14.5 Å². The zero-order valence-corrected chi connectivity index (χ0v) is 14.1. The maximum Gasteiger partial charge on any atom is 0.228 e. The van der Waals surface area contributed by atoms with Gasteiger partial charge in [-0.25, -0.2) is 4.98 Å². The van der Waals surface area contributed by atoms with Crippen LogP contribution >= 0.6 is 0 Å². The van der Waals surface area contributed by atoms with Crippen molar-refractivity contribution in [2.24, 2.45) is 13.0 Å². The number of hydrogen-bond donors (Lipinski definition) is 1. The summed E-state index contributed by atoms with van der Waals surface area (Å²) in [5, 5.41) is 3.13. The molecule has 2 aromatic rings. The first kappa shape index (κ1) is 15.4. The van der Waals surface area contributed by atoms with E-state index >= 15 is 0 Å². The molecule has 0 spiro atoms. The number of anilines is 1. The Labute approximate surface area is 142 Å². The van der Waals surface area contributed by atoms with E-state index in [9.17, 15) is 4.79 Å². The van der Waals surface area contributed by atoms with E-state index in [1.165, 1.54) is 12.8 Å². The number of hydrogen-bond acceptors (Lipinski definition) is 3. The molecule has 24 heavy (non-hydrogen) atoms. The minimum Gasteiger partial charge on any atom is -0.320 e. The molecule has 1 aromatic carbocycles. The second-order valence-electron chi connectivity index (χ2n) is 6.95. The van der Waals surface area contributed by atoms with Crippen LogP contribution in [0.2, 0.25) is 0 Å². The van der Waals surface area contributed by atoms with E-state index in [2.05, 4.69) is 15.2 Å². The molecule has 0 radical (unpaired) electrons. The average Bonchev–Trinajstić information content (AvgIpc) is 3.41. The normalized spacial score (nSPS) is 19.4. The van der Waals surface area contributed by atoms with E-state index in [1.807, 2.05) is 41.9 Å². The van der Waals surface area contributed by atoms with Crippen molar-refractivity contribution in [2.75, 3.05) is 18.4 Å². The Morgan fingerprint density at radius 2 is 1.83 bits per heavy atom. The highest BCUT2D eigenvalue weighted by Gasteiger charge is 2.34. The average molecular weight is 324 g/mol. The minimum absolute atomic E-state index is 0.110. The lowest BCUT2D eigenvalue weighted by atomic mass is 9.95. The first-order valence-electron chi connectivity index (χ1n) is 8.84. The summed E-state index contributed by atoms with van der Waals surface area (Å²) in [7, 11) is 1.92. The van der Waals surface area contributed by atoms with Crippen LogP contribution in [0.3, 0.4) is 0 Å². The zero-order chi connectivity index (χ0) is 16.5. The number of carbonyl (C=O) groups excluding carboxylic acids is 1. The van der Waals surface area contributed by atoms with Gasteiger partial charge >= 0.3 is 0 Å². The van der Waals surface area contributed by atoms with Crippen LogP contribution in [-0.2, 0) is 11.8 Å². The number of aryl methyl sites for hydroxylation is 1. The van der Waals surface area contributed by atoms with Crippen molar-refractivity contribution in [3.63, 3.8) is 0 Å². The molecule has 4 rings (SSSR count). The number of nitrogens with zero attached hydrogens (tertiary/aromatic N) is 3. The van der Waals surface area contributed by atoms with Crippen LogP contribution in [0.5, 0.6) is 0 Å². The predicted octanol–water partition coefficient (Wildman–Crippen LogP) is 2.90. The fourth-order valence-electron chi connectivity index (χ4n) is 3.57. The van der Waals surface area contributed by atoms with Crippen LogP contribution in [0.15, 0.2) is 36.7 Å². The number of aromatic nitrogens is 2. The van der Waals surface area contributed by atoms with Crippen LogP contribution in [-0.4, -0.2) is 39.5 Å². The van der Waals surface area contributed by atoms with Crippen LogP contribution in [0.4, 0.5) is 5.82 Å². The Balaban J connectivity index is 1.45. The minimum atomic E-state index is 0.110. The van der Waals surface area contributed by atoms with Gasteiger partial charge < -0.3 is 14.8 Å². The van der Waals surface area contributed by atoms with Gasteiger partial charge in [-0.1, -0.05) is 30.3 Å². The number of nitrogens with one attached hydrogen (secondary N) is 1. The maximum atomic E-state index is 12.7. The molecule has 2 heterocycles. The van der Waals surface area contributed by atoms with E-state index in [0.717, 1.165) is 49.0 Å². The molecule has 2 fully saturated rings. The maximum absolute atomic E-state index is 12.7.